The van der Waals surface area contributed by atoms with Crippen molar-refractivity contribution in [2.45, 2.75) is 0 Å². The summed E-state index contributed by atoms with van der Waals surface area (Å²) in [4.78, 5) is 0. The molecule has 0 aliphatic rings. The van der Waals surface area contributed by atoms with Gasteiger partial charge in [-0.2, -0.15) is 5.10 Å². The summed E-state index contributed by atoms with van der Waals surface area (Å²) in [7, 11) is -3.60. The number of nitrogens with one attached hydrogen (secondary N) is 1. The van der Waals surface area contributed by atoms with Crippen LogP contribution >= 0.6 is 0 Å². The molecule has 0 radical (unpaired) electrons. The minimum absolute atomic E-state index is 0.808. The standard InChI is InChI=1S/C9H8N2.CH4O4S/c1-2-5-9(6-3-1)11-8-4-7-10-11;1-5-6(2,3)4/h1-8H;1H3,(H,2,3,4). The van der Waals surface area contributed by atoms with Crippen LogP contribution in [-0.4, -0.2) is 25.2 Å². The summed E-state index contributed by atoms with van der Waals surface area (Å²) in [5.74, 6) is 0. The number of hydrogen-bond acceptors (Lipinski definition) is 4. The van der Waals surface area contributed by atoms with Gasteiger partial charge in [-0.3, -0.25) is 4.18 Å². The minimum atomic E-state index is -4.41. The fourth-order valence-corrected chi connectivity index (χ4v) is 1.04. The lowest BCUT2D eigenvalue weighted by atomic mass is 10.3. The molecule has 1 N–H and O–H groups in total. The Morgan fingerprint density at radius 3 is 2.24 bits per heavy atom. The van der Waals surface area contributed by atoms with Gasteiger partial charge >= 0.3 is 0 Å². The van der Waals surface area contributed by atoms with Crippen molar-refractivity contribution in [3.63, 3.8) is 0 Å². The predicted octanol–water partition coefficient (Wildman–Crippen LogP) is 0.384. The summed E-state index contributed by atoms with van der Waals surface area (Å²) in [5, 5.41) is 3.07. The van der Waals surface area contributed by atoms with Gasteiger partial charge in [0.05, 0.1) is 13.3 Å². The zero-order valence-electron chi connectivity index (χ0n) is 9.11. The van der Waals surface area contributed by atoms with Gasteiger partial charge in [-0.1, -0.05) is 22.9 Å². The topological polar surface area (TPSA) is 86.1 Å². The van der Waals surface area contributed by atoms with E-state index in [2.05, 4.69) is 21.4 Å². The van der Waals surface area contributed by atoms with Crippen molar-refractivity contribution < 1.29 is 21.8 Å². The van der Waals surface area contributed by atoms with Crippen LogP contribution in [0.5, 0.6) is 0 Å². The van der Waals surface area contributed by atoms with Crippen LogP contribution in [-0.2, 0) is 14.6 Å². The summed E-state index contributed by atoms with van der Waals surface area (Å²) in [5.41, 5.74) is 1.15. The molecular formula is C10H12N2O4S. The Hall–Kier alpha value is -1.70. The van der Waals surface area contributed by atoms with Gasteiger partial charge in [0, 0.05) is 18.2 Å². The van der Waals surface area contributed by atoms with Crippen LogP contribution in [0.3, 0.4) is 0 Å². The van der Waals surface area contributed by atoms with Crippen LogP contribution in [0, 0.1) is 0 Å². The molecule has 0 aliphatic carbocycles. The van der Waals surface area contributed by atoms with Crippen LogP contribution in [0.4, 0.5) is 0 Å². The van der Waals surface area contributed by atoms with Gasteiger partial charge in [0.15, 0.2) is 0 Å². The third-order valence-corrected chi connectivity index (χ3v) is 2.19. The van der Waals surface area contributed by atoms with E-state index in [1.807, 2.05) is 41.3 Å². The summed E-state index contributed by atoms with van der Waals surface area (Å²) in [6, 6.07) is 12.1. The van der Waals surface area contributed by atoms with Gasteiger partial charge in [-0.15, -0.1) is 0 Å². The number of hydrogen-bond donors (Lipinski definition) is 1. The third kappa shape index (κ3) is 5.25. The number of para-hydroxylation sites is 1. The van der Waals surface area contributed by atoms with Gasteiger partial charge in [0.25, 0.3) is 0 Å². The Morgan fingerprint density at radius 2 is 1.82 bits per heavy atom. The molecule has 1 aromatic heterocycles. The van der Waals surface area contributed by atoms with Crippen LogP contribution < -0.4 is 4.68 Å². The summed E-state index contributed by atoms with van der Waals surface area (Å²) in [6.45, 7) is 0. The number of aromatic amines is 1. The summed E-state index contributed by atoms with van der Waals surface area (Å²) in [6.07, 6.45) is 3.88. The second kappa shape index (κ2) is 6.14. The Morgan fingerprint density at radius 1 is 1.24 bits per heavy atom. The minimum Gasteiger partial charge on any atom is -0.726 e. The van der Waals surface area contributed by atoms with E-state index in [9.17, 15) is 13.0 Å². The fraction of sp³-hybridized carbons (Fsp3) is 0.100. The Labute approximate surface area is 99.4 Å². The van der Waals surface area contributed by atoms with Crippen molar-refractivity contribution >= 4 is 10.4 Å². The van der Waals surface area contributed by atoms with E-state index < -0.39 is 10.4 Å². The number of nitrogens with zero attached hydrogens (tertiary/aromatic N) is 1. The van der Waals surface area contributed by atoms with E-state index in [0.29, 0.717) is 0 Å². The van der Waals surface area contributed by atoms with E-state index in [1.54, 1.807) is 0 Å². The molecule has 0 spiro atoms. The largest absolute Gasteiger partial charge is 0.726 e. The smallest absolute Gasteiger partial charge is 0.235 e. The second-order valence-corrected chi connectivity index (χ2v) is 4.07. The van der Waals surface area contributed by atoms with Crippen LogP contribution in [0.2, 0.25) is 0 Å². The van der Waals surface area contributed by atoms with Crippen molar-refractivity contribution in [1.29, 1.82) is 0 Å². The zero-order valence-corrected chi connectivity index (χ0v) is 9.92. The molecule has 0 atom stereocenters. The average molecular weight is 256 g/mol. The maximum Gasteiger partial charge on any atom is 0.235 e. The first-order valence-corrected chi connectivity index (χ1v) is 5.98. The van der Waals surface area contributed by atoms with E-state index in [4.69, 9.17) is 0 Å². The third-order valence-electron chi connectivity index (χ3n) is 1.78. The van der Waals surface area contributed by atoms with E-state index in [0.717, 1.165) is 12.8 Å². The SMILES string of the molecule is COS(=O)(=O)[O-].c1ccc(-[n+]2ccc[nH]2)cc1. The second-order valence-electron chi connectivity index (χ2n) is 2.92. The molecule has 0 saturated carbocycles. The first-order chi connectivity index (χ1) is 8.03. The number of H-pyrrole nitrogens is 1. The highest BCUT2D eigenvalue weighted by molar-refractivity contribution is 7.80. The van der Waals surface area contributed by atoms with Crippen molar-refractivity contribution in [3.05, 3.63) is 48.8 Å². The van der Waals surface area contributed by atoms with Crippen molar-refractivity contribution in [2.24, 2.45) is 0 Å². The lowest BCUT2D eigenvalue weighted by molar-refractivity contribution is -0.655. The van der Waals surface area contributed by atoms with Gasteiger partial charge in [-0.05, 0) is 0 Å². The molecule has 0 bridgehead atoms. The average Bonchev–Trinajstić information content (AvgIpc) is 2.84. The molecule has 1 aromatic carbocycles. The Bertz CT molecular complexity index is 523. The van der Waals surface area contributed by atoms with Crippen LogP contribution in [0.25, 0.3) is 5.69 Å². The van der Waals surface area contributed by atoms with E-state index in [-0.39, 0.29) is 0 Å². The zero-order chi connectivity index (χ0) is 12.7. The van der Waals surface area contributed by atoms with E-state index in [1.165, 1.54) is 0 Å². The summed E-state index contributed by atoms with van der Waals surface area (Å²) < 4.78 is 33.0. The maximum absolute atomic E-state index is 9.22. The molecule has 0 saturated heterocycles. The lowest BCUT2D eigenvalue weighted by Crippen LogP contribution is -2.30. The number of benzene rings is 1. The number of aromatic nitrogens is 2. The molecule has 0 amide bonds. The van der Waals surface area contributed by atoms with Gasteiger partial charge in [0.1, 0.15) is 0 Å². The maximum atomic E-state index is 9.22. The lowest BCUT2D eigenvalue weighted by Gasteiger charge is -1.98. The highest BCUT2D eigenvalue weighted by atomic mass is 32.3. The predicted molar refractivity (Wildman–Crippen MR) is 59.0 cm³/mol. The molecular weight excluding hydrogens is 244 g/mol. The number of rotatable bonds is 2. The molecule has 6 nitrogen and oxygen atoms in total. The first kappa shape index (κ1) is 13.4. The summed E-state index contributed by atoms with van der Waals surface area (Å²) >= 11 is 0. The Kier molecular flexibility index (Phi) is 4.83. The first-order valence-electron chi connectivity index (χ1n) is 4.65. The molecule has 92 valence electrons. The molecule has 0 fully saturated rings. The van der Waals surface area contributed by atoms with Gasteiger partial charge in [-0.25, -0.2) is 8.42 Å². The van der Waals surface area contributed by atoms with E-state index >= 15 is 0 Å². The highest BCUT2D eigenvalue weighted by Crippen LogP contribution is 1.95. The molecule has 17 heavy (non-hydrogen) atoms. The molecule has 1 heterocycles. The monoisotopic (exact) mass is 256 g/mol. The van der Waals surface area contributed by atoms with Crippen molar-refractivity contribution in [2.75, 3.05) is 7.11 Å². The van der Waals surface area contributed by atoms with Crippen LogP contribution in [0.1, 0.15) is 0 Å². The quantitative estimate of drug-likeness (QED) is 0.478. The molecule has 2 rings (SSSR count). The van der Waals surface area contributed by atoms with Gasteiger partial charge < -0.3 is 4.55 Å². The fourth-order valence-electron chi connectivity index (χ4n) is 1.04. The van der Waals surface area contributed by atoms with Crippen LogP contribution in [0.15, 0.2) is 48.8 Å². The van der Waals surface area contributed by atoms with Gasteiger partial charge in [0.2, 0.25) is 22.3 Å². The molecule has 0 unspecified atom stereocenters. The highest BCUT2D eigenvalue weighted by Gasteiger charge is 2.01. The molecule has 7 heteroatoms. The van der Waals surface area contributed by atoms with Crippen molar-refractivity contribution in [1.82, 2.24) is 5.10 Å². The van der Waals surface area contributed by atoms with Crippen molar-refractivity contribution in [3.8, 4) is 5.69 Å². The molecule has 0 aliphatic heterocycles. The Balaban J connectivity index is 0.000000209. The normalized spacial score (nSPS) is 10.5. The molecule has 2 aromatic rings.